The summed E-state index contributed by atoms with van der Waals surface area (Å²) in [6, 6.07) is 1.04. The van der Waals surface area contributed by atoms with Gasteiger partial charge in [0.2, 0.25) is 0 Å². The fourth-order valence-corrected chi connectivity index (χ4v) is 4.01. The van der Waals surface area contributed by atoms with Gasteiger partial charge in [0.25, 0.3) is 0 Å². The molecule has 1 saturated heterocycles. The number of rotatable bonds is 4. The van der Waals surface area contributed by atoms with Gasteiger partial charge in [0.05, 0.1) is 6.61 Å². The van der Waals surface area contributed by atoms with E-state index in [1.54, 1.807) is 0 Å². The normalized spacial score (nSPS) is 35.6. The summed E-state index contributed by atoms with van der Waals surface area (Å²) >= 11 is 0. The molecule has 0 bridgehead atoms. The monoisotopic (exact) mass is 297 g/mol. The topological polar surface area (TPSA) is 44.8 Å². The van der Waals surface area contributed by atoms with Crippen molar-refractivity contribution >= 4 is 5.97 Å². The summed E-state index contributed by atoms with van der Waals surface area (Å²) in [6.45, 7) is 7.97. The van der Waals surface area contributed by atoms with E-state index in [-0.39, 0.29) is 5.97 Å². The van der Waals surface area contributed by atoms with Crippen molar-refractivity contribution < 1.29 is 9.53 Å². The molecule has 2 rings (SSSR count). The molecule has 1 heterocycles. The van der Waals surface area contributed by atoms with Gasteiger partial charge in [-0.25, -0.2) is 0 Å². The maximum atomic E-state index is 12.4. The van der Waals surface area contributed by atoms with Crippen molar-refractivity contribution in [2.24, 2.45) is 0 Å². The summed E-state index contributed by atoms with van der Waals surface area (Å²) in [5.74, 6) is -0.0704. The molecule has 0 radical (unpaired) electrons. The molecule has 0 aromatic carbocycles. The Kier molecular flexibility index (Phi) is 5.63. The highest BCUT2D eigenvalue weighted by Gasteiger charge is 2.45. The smallest absolute Gasteiger partial charge is 0.326 e. The number of piperazine rings is 1. The van der Waals surface area contributed by atoms with E-state index in [1.165, 1.54) is 6.42 Å². The number of likely N-dealkylation sites (N-methyl/N-ethyl adjacent to an activating group) is 2. The minimum atomic E-state index is -0.484. The van der Waals surface area contributed by atoms with Crippen LogP contribution in [0, 0.1) is 0 Å². The lowest BCUT2D eigenvalue weighted by molar-refractivity contribution is -0.154. The molecule has 3 atom stereocenters. The van der Waals surface area contributed by atoms with Gasteiger partial charge in [0.1, 0.15) is 5.54 Å². The van der Waals surface area contributed by atoms with Crippen molar-refractivity contribution in [3.05, 3.63) is 0 Å². The Morgan fingerprint density at radius 1 is 1.43 bits per heavy atom. The van der Waals surface area contributed by atoms with Gasteiger partial charge in [0, 0.05) is 31.7 Å². The number of hydrogen-bond donors (Lipinski definition) is 1. The predicted molar refractivity (Wildman–Crippen MR) is 84.3 cm³/mol. The molecule has 122 valence electrons. The second kappa shape index (κ2) is 7.07. The van der Waals surface area contributed by atoms with Crippen LogP contribution in [0.1, 0.15) is 39.5 Å². The van der Waals surface area contributed by atoms with E-state index in [2.05, 4.69) is 29.1 Å². The summed E-state index contributed by atoms with van der Waals surface area (Å²) in [4.78, 5) is 17.4. The van der Waals surface area contributed by atoms with E-state index in [0.717, 1.165) is 38.9 Å². The van der Waals surface area contributed by atoms with Crippen LogP contribution in [0.5, 0.6) is 0 Å². The number of nitrogens with one attached hydrogen (secondary N) is 1. The van der Waals surface area contributed by atoms with Gasteiger partial charge in [-0.3, -0.25) is 9.69 Å². The minimum Gasteiger partial charge on any atom is -0.465 e. The summed E-state index contributed by atoms with van der Waals surface area (Å²) in [5.41, 5.74) is -0.484. The second-order valence-electron chi connectivity index (χ2n) is 6.65. The summed E-state index contributed by atoms with van der Waals surface area (Å²) in [7, 11) is 4.08. The zero-order valence-electron chi connectivity index (χ0n) is 14.0. The van der Waals surface area contributed by atoms with Crippen molar-refractivity contribution in [3.8, 4) is 0 Å². The maximum Gasteiger partial charge on any atom is 0.326 e. The Hall–Kier alpha value is -0.650. The molecule has 5 nitrogen and oxygen atoms in total. The highest BCUT2D eigenvalue weighted by molar-refractivity contribution is 5.81. The van der Waals surface area contributed by atoms with Crippen LogP contribution in [0.15, 0.2) is 0 Å². The van der Waals surface area contributed by atoms with Crippen LogP contribution >= 0.6 is 0 Å². The zero-order chi connectivity index (χ0) is 15.5. The summed E-state index contributed by atoms with van der Waals surface area (Å²) in [5, 5.41) is 3.28. The van der Waals surface area contributed by atoms with Crippen LogP contribution in [-0.2, 0) is 9.53 Å². The van der Waals surface area contributed by atoms with Gasteiger partial charge in [-0.15, -0.1) is 0 Å². The molecular weight excluding hydrogens is 266 g/mol. The molecule has 21 heavy (non-hydrogen) atoms. The molecule has 0 aromatic heterocycles. The second-order valence-corrected chi connectivity index (χ2v) is 6.65. The number of carbonyl (C=O) groups excluding carboxylic acids is 1. The lowest BCUT2D eigenvalue weighted by atomic mass is 9.78. The van der Waals surface area contributed by atoms with Gasteiger partial charge in [-0.2, -0.15) is 0 Å². The first-order valence-corrected chi connectivity index (χ1v) is 8.33. The first-order valence-electron chi connectivity index (χ1n) is 8.33. The molecule has 1 saturated carbocycles. The molecule has 5 heteroatoms. The Morgan fingerprint density at radius 2 is 2.19 bits per heavy atom. The van der Waals surface area contributed by atoms with Crippen molar-refractivity contribution in [1.29, 1.82) is 0 Å². The zero-order valence-corrected chi connectivity index (χ0v) is 14.0. The van der Waals surface area contributed by atoms with Crippen molar-refractivity contribution in [2.75, 3.05) is 40.3 Å². The van der Waals surface area contributed by atoms with Crippen molar-refractivity contribution in [1.82, 2.24) is 15.1 Å². The van der Waals surface area contributed by atoms with E-state index in [4.69, 9.17) is 4.74 Å². The Labute approximate surface area is 129 Å². The molecule has 0 aromatic rings. The van der Waals surface area contributed by atoms with Gasteiger partial charge >= 0.3 is 5.97 Å². The molecule has 3 unspecified atom stereocenters. The van der Waals surface area contributed by atoms with Gasteiger partial charge in [-0.05, 0) is 53.6 Å². The Bertz CT molecular complexity index is 363. The third-order valence-corrected chi connectivity index (χ3v) is 5.22. The quantitative estimate of drug-likeness (QED) is 0.787. The lowest BCUT2D eigenvalue weighted by Crippen LogP contribution is -2.61. The summed E-state index contributed by atoms with van der Waals surface area (Å²) < 4.78 is 5.33. The van der Waals surface area contributed by atoms with Crippen LogP contribution in [0.3, 0.4) is 0 Å². The Balaban J connectivity index is 2.07. The van der Waals surface area contributed by atoms with E-state index >= 15 is 0 Å². The number of esters is 1. The SMILES string of the molecule is CCOC(=O)C1(NC)CCCC(N2CCN(C)CC2C)C1. The highest BCUT2D eigenvalue weighted by Crippen LogP contribution is 2.33. The van der Waals surface area contributed by atoms with E-state index in [9.17, 15) is 4.79 Å². The van der Waals surface area contributed by atoms with Crippen molar-refractivity contribution in [3.63, 3.8) is 0 Å². The molecule has 2 aliphatic rings. The van der Waals surface area contributed by atoms with Gasteiger partial charge in [0.15, 0.2) is 0 Å². The van der Waals surface area contributed by atoms with Crippen LogP contribution < -0.4 is 5.32 Å². The molecule has 1 aliphatic carbocycles. The minimum absolute atomic E-state index is 0.0704. The van der Waals surface area contributed by atoms with Crippen LogP contribution in [0.4, 0.5) is 0 Å². The third kappa shape index (κ3) is 3.58. The molecular formula is C16H31N3O2. The number of ether oxygens (including phenoxy) is 1. The molecule has 2 fully saturated rings. The van der Waals surface area contributed by atoms with Crippen LogP contribution in [0.2, 0.25) is 0 Å². The first kappa shape index (κ1) is 16.7. The Morgan fingerprint density at radius 3 is 2.81 bits per heavy atom. The number of carbonyl (C=O) groups is 1. The van der Waals surface area contributed by atoms with Gasteiger partial charge < -0.3 is 15.0 Å². The average Bonchev–Trinajstić information content (AvgIpc) is 2.47. The predicted octanol–water partition coefficient (Wildman–Crippen LogP) is 1.09. The van der Waals surface area contributed by atoms with E-state index in [1.807, 2.05) is 14.0 Å². The van der Waals surface area contributed by atoms with Crippen LogP contribution in [0.25, 0.3) is 0 Å². The summed E-state index contributed by atoms with van der Waals surface area (Å²) in [6.07, 6.45) is 4.04. The largest absolute Gasteiger partial charge is 0.465 e. The maximum absolute atomic E-state index is 12.4. The van der Waals surface area contributed by atoms with Crippen LogP contribution in [-0.4, -0.2) is 73.7 Å². The van der Waals surface area contributed by atoms with E-state index < -0.39 is 5.54 Å². The number of hydrogen-bond acceptors (Lipinski definition) is 5. The lowest BCUT2D eigenvalue weighted by Gasteiger charge is -2.48. The average molecular weight is 297 g/mol. The fraction of sp³-hybridized carbons (Fsp3) is 0.938. The first-order chi connectivity index (χ1) is 10.0. The van der Waals surface area contributed by atoms with Crippen molar-refractivity contribution in [2.45, 2.75) is 57.2 Å². The van der Waals surface area contributed by atoms with Gasteiger partial charge in [-0.1, -0.05) is 0 Å². The number of nitrogens with zero attached hydrogens (tertiary/aromatic N) is 2. The molecule has 0 amide bonds. The highest BCUT2D eigenvalue weighted by atomic mass is 16.5. The molecule has 1 N–H and O–H groups in total. The fourth-order valence-electron chi connectivity index (χ4n) is 4.01. The standard InChI is InChI=1S/C16H31N3O2/c1-5-21-15(20)16(17-3)8-6-7-14(11-16)19-10-9-18(4)12-13(19)2/h13-14,17H,5-12H2,1-4H3. The molecule has 1 aliphatic heterocycles. The third-order valence-electron chi connectivity index (χ3n) is 5.22. The van der Waals surface area contributed by atoms with E-state index in [0.29, 0.717) is 18.7 Å². The molecule has 0 spiro atoms.